The molecule has 0 saturated heterocycles. The summed E-state index contributed by atoms with van der Waals surface area (Å²) in [7, 11) is -3.94. The number of carbonyl (C=O) groups is 1. The fraction of sp³-hybridized carbons (Fsp3) is 0.0714. The van der Waals surface area contributed by atoms with Gasteiger partial charge in [0.25, 0.3) is 0 Å². The average molecular weight is 291 g/mol. The molecule has 0 bridgehead atoms. The Bertz CT molecular complexity index is 711. The van der Waals surface area contributed by atoms with Crippen LogP contribution in [0, 0.1) is 6.92 Å². The highest BCUT2D eigenvalue weighted by atomic mass is 32.2. The van der Waals surface area contributed by atoms with Crippen LogP contribution in [0.5, 0.6) is 5.75 Å². The number of hydrogen-bond donors (Lipinski definition) is 1. The van der Waals surface area contributed by atoms with Crippen LogP contribution < -0.4 is 9.50 Å². The Kier molecular flexibility index (Phi) is 4.05. The standard InChI is InChI=1S/C14H13NO4S/c1-11-7-8-12(15-10-16)9-14(11)20(17,18)19-13-5-3-2-4-6-13/h2-10H,1H3,(H,15,16). The third kappa shape index (κ3) is 3.16. The number of aryl methyl sites for hydroxylation is 1. The van der Waals surface area contributed by atoms with Gasteiger partial charge in [-0.2, -0.15) is 8.42 Å². The van der Waals surface area contributed by atoms with E-state index in [1.54, 1.807) is 49.4 Å². The maximum absolute atomic E-state index is 12.2. The zero-order chi connectivity index (χ0) is 14.6. The third-order valence-electron chi connectivity index (χ3n) is 2.63. The van der Waals surface area contributed by atoms with E-state index in [9.17, 15) is 13.2 Å². The number of benzene rings is 2. The molecule has 0 radical (unpaired) electrons. The summed E-state index contributed by atoms with van der Waals surface area (Å²) in [6.45, 7) is 1.66. The molecule has 5 nitrogen and oxygen atoms in total. The van der Waals surface area contributed by atoms with Crippen molar-refractivity contribution in [1.29, 1.82) is 0 Å². The lowest BCUT2D eigenvalue weighted by Crippen LogP contribution is -2.11. The zero-order valence-corrected chi connectivity index (χ0v) is 11.6. The normalized spacial score (nSPS) is 10.8. The average Bonchev–Trinajstić information content (AvgIpc) is 2.42. The van der Waals surface area contributed by atoms with Gasteiger partial charge in [0.15, 0.2) is 0 Å². The van der Waals surface area contributed by atoms with Crippen molar-refractivity contribution >= 4 is 22.2 Å². The number of hydrogen-bond acceptors (Lipinski definition) is 4. The number of anilines is 1. The lowest BCUT2D eigenvalue weighted by molar-refractivity contribution is -0.105. The molecule has 0 atom stereocenters. The lowest BCUT2D eigenvalue weighted by atomic mass is 10.2. The second-order valence-electron chi connectivity index (χ2n) is 4.09. The lowest BCUT2D eigenvalue weighted by Gasteiger charge is -2.10. The van der Waals surface area contributed by atoms with Gasteiger partial charge in [0.05, 0.1) is 0 Å². The van der Waals surface area contributed by atoms with Crippen LogP contribution in [0.15, 0.2) is 53.4 Å². The van der Waals surface area contributed by atoms with Crippen molar-refractivity contribution in [1.82, 2.24) is 0 Å². The second kappa shape index (κ2) is 5.75. The molecule has 2 aromatic rings. The molecule has 0 fully saturated rings. The predicted molar refractivity (Wildman–Crippen MR) is 75.1 cm³/mol. The minimum atomic E-state index is -3.94. The SMILES string of the molecule is Cc1ccc(NC=O)cc1S(=O)(=O)Oc1ccccc1. The number of nitrogens with one attached hydrogen (secondary N) is 1. The van der Waals surface area contributed by atoms with Crippen molar-refractivity contribution in [3.8, 4) is 5.75 Å². The first kappa shape index (κ1) is 14.1. The van der Waals surface area contributed by atoms with Gasteiger partial charge in [-0.3, -0.25) is 4.79 Å². The smallest absolute Gasteiger partial charge is 0.339 e. The van der Waals surface area contributed by atoms with Crippen molar-refractivity contribution in [3.63, 3.8) is 0 Å². The molecule has 104 valence electrons. The van der Waals surface area contributed by atoms with E-state index in [0.29, 0.717) is 17.7 Å². The van der Waals surface area contributed by atoms with Crippen molar-refractivity contribution in [3.05, 3.63) is 54.1 Å². The van der Waals surface area contributed by atoms with E-state index in [1.807, 2.05) is 0 Å². The van der Waals surface area contributed by atoms with E-state index in [4.69, 9.17) is 4.18 Å². The van der Waals surface area contributed by atoms with E-state index in [0.717, 1.165) is 0 Å². The second-order valence-corrected chi connectivity index (χ2v) is 5.61. The molecule has 0 spiro atoms. The first-order valence-corrected chi connectivity index (χ1v) is 7.24. The van der Waals surface area contributed by atoms with E-state index in [-0.39, 0.29) is 10.6 Å². The molecule has 0 aliphatic rings. The summed E-state index contributed by atoms with van der Waals surface area (Å²) < 4.78 is 29.5. The minimum Gasteiger partial charge on any atom is -0.379 e. The van der Waals surface area contributed by atoms with Gasteiger partial charge in [0, 0.05) is 5.69 Å². The van der Waals surface area contributed by atoms with E-state index < -0.39 is 10.1 Å². The van der Waals surface area contributed by atoms with Gasteiger partial charge in [0.2, 0.25) is 6.41 Å². The van der Waals surface area contributed by atoms with Crippen LogP contribution in [-0.4, -0.2) is 14.8 Å². The minimum absolute atomic E-state index is 0.0215. The topological polar surface area (TPSA) is 72.5 Å². The molecule has 0 aliphatic carbocycles. The molecule has 0 heterocycles. The Labute approximate surface area is 117 Å². The molecule has 1 amide bonds. The van der Waals surface area contributed by atoms with Crippen LogP contribution in [0.3, 0.4) is 0 Å². The maximum Gasteiger partial charge on any atom is 0.339 e. The van der Waals surface area contributed by atoms with Gasteiger partial charge in [-0.25, -0.2) is 0 Å². The Morgan fingerprint density at radius 1 is 1.10 bits per heavy atom. The Hall–Kier alpha value is -2.34. The van der Waals surface area contributed by atoms with Crippen LogP contribution in [-0.2, 0) is 14.9 Å². The van der Waals surface area contributed by atoms with Crippen molar-refractivity contribution in [2.24, 2.45) is 0 Å². The Morgan fingerprint density at radius 2 is 1.80 bits per heavy atom. The van der Waals surface area contributed by atoms with Crippen molar-refractivity contribution in [2.75, 3.05) is 5.32 Å². The summed E-state index contributed by atoms with van der Waals surface area (Å²) in [5.41, 5.74) is 0.929. The van der Waals surface area contributed by atoms with Crippen LogP contribution >= 0.6 is 0 Å². The largest absolute Gasteiger partial charge is 0.379 e. The summed E-state index contributed by atoms with van der Waals surface area (Å²) in [5, 5.41) is 2.41. The molecule has 0 unspecified atom stereocenters. The van der Waals surface area contributed by atoms with Gasteiger partial charge in [0.1, 0.15) is 10.6 Å². The van der Waals surface area contributed by atoms with Gasteiger partial charge in [-0.05, 0) is 36.8 Å². The van der Waals surface area contributed by atoms with Crippen LogP contribution in [0.2, 0.25) is 0 Å². The monoisotopic (exact) mass is 291 g/mol. The van der Waals surface area contributed by atoms with Crippen molar-refractivity contribution in [2.45, 2.75) is 11.8 Å². The summed E-state index contributed by atoms with van der Waals surface area (Å²) in [6.07, 6.45) is 0.485. The molecule has 2 aromatic carbocycles. The molecule has 6 heteroatoms. The summed E-state index contributed by atoms with van der Waals surface area (Å²) >= 11 is 0. The summed E-state index contributed by atoms with van der Waals surface area (Å²) in [5.74, 6) is 0.237. The predicted octanol–water partition coefficient (Wildman–Crippen LogP) is 2.33. The molecule has 0 aromatic heterocycles. The fourth-order valence-electron chi connectivity index (χ4n) is 1.67. The fourth-order valence-corrected chi connectivity index (χ4v) is 2.86. The highest BCUT2D eigenvalue weighted by molar-refractivity contribution is 7.87. The van der Waals surface area contributed by atoms with Crippen molar-refractivity contribution < 1.29 is 17.4 Å². The van der Waals surface area contributed by atoms with Crippen LogP contribution in [0.1, 0.15) is 5.56 Å². The highest BCUT2D eigenvalue weighted by Gasteiger charge is 2.19. The quantitative estimate of drug-likeness (QED) is 0.678. The van der Waals surface area contributed by atoms with Gasteiger partial charge in [-0.1, -0.05) is 24.3 Å². The van der Waals surface area contributed by atoms with Gasteiger partial charge in [-0.15, -0.1) is 0 Å². The first-order valence-electron chi connectivity index (χ1n) is 5.83. The zero-order valence-electron chi connectivity index (χ0n) is 10.7. The van der Waals surface area contributed by atoms with Gasteiger partial charge < -0.3 is 9.50 Å². The Balaban J connectivity index is 2.38. The maximum atomic E-state index is 12.2. The molecule has 0 saturated carbocycles. The number of rotatable bonds is 5. The van der Waals surface area contributed by atoms with Crippen LogP contribution in [0.25, 0.3) is 0 Å². The number of para-hydroxylation sites is 1. The first-order chi connectivity index (χ1) is 9.53. The molecular weight excluding hydrogens is 278 g/mol. The number of carbonyl (C=O) groups excluding carboxylic acids is 1. The molecule has 1 N–H and O–H groups in total. The summed E-state index contributed by atoms with van der Waals surface area (Å²) in [6, 6.07) is 12.8. The van der Waals surface area contributed by atoms with E-state index in [1.165, 1.54) is 6.07 Å². The van der Waals surface area contributed by atoms with Crippen LogP contribution in [0.4, 0.5) is 5.69 Å². The molecular formula is C14H13NO4S. The molecule has 2 rings (SSSR count). The number of amides is 1. The third-order valence-corrected chi connectivity index (χ3v) is 4.02. The van der Waals surface area contributed by atoms with E-state index >= 15 is 0 Å². The highest BCUT2D eigenvalue weighted by Crippen LogP contribution is 2.23. The molecule has 0 aliphatic heterocycles. The van der Waals surface area contributed by atoms with E-state index in [2.05, 4.69) is 5.32 Å². The Morgan fingerprint density at radius 3 is 2.45 bits per heavy atom. The summed E-state index contributed by atoms with van der Waals surface area (Å²) in [4.78, 5) is 10.4. The molecule has 20 heavy (non-hydrogen) atoms. The van der Waals surface area contributed by atoms with Gasteiger partial charge >= 0.3 is 10.1 Å².